The van der Waals surface area contributed by atoms with E-state index in [0.29, 0.717) is 23.8 Å². The molecule has 0 aromatic rings. The maximum atomic E-state index is 11.8. The molecule has 5 atom stereocenters. The van der Waals surface area contributed by atoms with Crippen LogP contribution in [0.2, 0.25) is 0 Å². The fraction of sp³-hybridized carbons (Fsp3) is 1.00. The van der Waals surface area contributed by atoms with E-state index in [1.165, 1.54) is 25.5 Å². The first kappa shape index (κ1) is 15.3. The van der Waals surface area contributed by atoms with Gasteiger partial charge in [-0.1, -0.05) is 26.2 Å². The van der Waals surface area contributed by atoms with E-state index < -0.39 is 9.84 Å². The Hall–Kier alpha value is -0.130. The predicted octanol–water partition coefficient (Wildman–Crippen LogP) is 1.86. The number of nitrogens with two attached hydrogens (primary N) is 1. The Kier molecular flexibility index (Phi) is 4.90. The minimum Gasteiger partial charge on any atom is -0.271 e. The van der Waals surface area contributed by atoms with E-state index >= 15 is 0 Å². The molecule has 2 aliphatic carbocycles. The predicted molar refractivity (Wildman–Crippen MR) is 78.2 cm³/mol. The van der Waals surface area contributed by atoms with Gasteiger partial charge in [0.25, 0.3) is 0 Å². The van der Waals surface area contributed by atoms with Crippen molar-refractivity contribution < 1.29 is 8.42 Å². The third kappa shape index (κ3) is 3.50. The Labute approximate surface area is 117 Å². The molecule has 112 valence electrons. The van der Waals surface area contributed by atoms with Crippen LogP contribution in [0.25, 0.3) is 0 Å². The fourth-order valence-electron chi connectivity index (χ4n) is 4.21. The highest BCUT2D eigenvalue weighted by Gasteiger charge is 2.39. The maximum Gasteiger partial charge on any atom is 0.150 e. The molecule has 2 fully saturated rings. The highest BCUT2D eigenvalue weighted by molar-refractivity contribution is 7.91. The summed E-state index contributed by atoms with van der Waals surface area (Å²) in [6, 6.07) is 0.294. The molecule has 0 amide bonds. The molecule has 2 rings (SSSR count). The Bertz CT molecular complexity index is 396. The Balaban J connectivity index is 2.06. The van der Waals surface area contributed by atoms with Gasteiger partial charge in [0, 0.05) is 12.3 Å². The fourth-order valence-corrected chi connectivity index (χ4v) is 5.40. The largest absolute Gasteiger partial charge is 0.271 e. The molecule has 2 aliphatic rings. The lowest BCUT2D eigenvalue weighted by Crippen LogP contribution is -2.49. The zero-order valence-electron chi connectivity index (χ0n) is 12.1. The molecule has 0 spiro atoms. The van der Waals surface area contributed by atoms with E-state index in [4.69, 9.17) is 5.84 Å². The summed E-state index contributed by atoms with van der Waals surface area (Å²) in [5.74, 6) is 7.55. The van der Waals surface area contributed by atoms with Crippen molar-refractivity contribution in [2.24, 2.45) is 23.6 Å². The van der Waals surface area contributed by atoms with E-state index in [2.05, 4.69) is 12.3 Å². The summed E-state index contributed by atoms with van der Waals surface area (Å²) >= 11 is 0. The van der Waals surface area contributed by atoms with Gasteiger partial charge in [-0.05, 0) is 43.4 Å². The third-order valence-corrected chi connectivity index (χ3v) is 7.00. The Morgan fingerprint density at radius 3 is 2.37 bits per heavy atom. The van der Waals surface area contributed by atoms with E-state index in [1.807, 2.05) is 0 Å². The zero-order chi connectivity index (χ0) is 14.0. The molecule has 0 aromatic heterocycles. The van der Waals surface area contributed by atoms with Crippen LogP contribution in [0.3, 0.4) is 0 Å². The van der Waals surface area contributed by atoms with Gasteiger partial charge in [-0.15, -0.1) is 0 Å². The summed E-state index contributed by atoms with van der Waals surface area (Å²) < 4.78 is 23.6. The van der Waals surface area contributed by atoms with Crippen molar-refractivity contribution in [3.8, 4) is 0 Å². The molecule has 0 saturated heterocycles. The van der Waals surface area contributed by atoms with Crippen LogP contribution in [0.4, 0.5) is 0 Å². The third-order valence-electron chi connectivity index (χ3n) is 5.36. The van der Waals surface area contributed by atoms with E-state index in [9.17, 15) is 8.42 Å². The zero-order valence-corrected chi connectivity index (χ0v) is 13.0. The quantitative estimate of drug-likeness (QED) is 0.612. The first-order chi connectivity index (χ1) is 8.93. The summed E-state index contributed by atoms with van der Waals surface area (Å²) in [7, 11) is -2.91. The molecular weight excluding hydrogens is 260 g/mol. The molecule has 3 N–H and O–H groups in total. The summed E-state index contributed by atoms with van der Waals surface area (Å²) in [4.78, 5) is 0. The van der Waals surface area contributed by atoms with Gasteiger partial charge < -0.3 is 0 Å². The molecule has 2 saturated carbocycles. The van der Waals surface area contributed by atoms with Crippen molar-refractivity contribution in [2.45, 2.75) is 63.2 Å². The van der Waals surface area contributed by atoms with Crippen LogP contribution in [0.15, 0.2) is 0 Å². The van der Waals surface area contributed by atoms with E-state index in [0.717, 1.165) is 25.7 Å². The second-order valence-corrected chi connectivity index (χ2v) is 8.97. The van der Waals surface area contributed by atoms with Crippen molar-refractivity contribution in [1.82, 2.24) is 5.43 Å². The highest BCUT2D eigenvalue weighted by atomic mass is 32.2. The normalized spacial score (nSPS) is 38.3. The van der Waals surface area contributed by atoms with Gasteiger partial charge in [-0.2, -0.15) is 0 Å². The van der Waals surface area contributed by atoms with Gasteiger partial charge in [-0.25, -0.2) is 8.42 Å². The first-order valence-electron chi connectivity index (χ1n) is 7.58. The second-order valence-electron chi connectivity index (χ2n) is 6.64. The average Bonchev–Trinajstić information content (AvgIpc) is 2.76. The second kappa shape index (κ2) is 6.10. The Morgan fingerprint density at radius 2 is 1.84 bits per heavy atom. The van der Waals surface area contributed by atoms with E-state index in [-0.39, 0.29) is 5.25 Å². The van der Waals surface area contributed by atoms with Crippen molar-refractivity contribution in [2.75, 3.05) is 6.26 Å². The number of hydrogen-bond acceptors (Lipinski definition) is 4. The number of hydrogen-bond donors (Lipinski definition) is 2. The van der Waals surface area contributed by atoms with Crippen LogP contribution in [0.5, 0.6) is 0 Å². The van der Waals surface area contributed by atoms with Gasteiger partial charge in [0.2, 0.25) is 0 Å². The molecule has 0 aliphatic heterocycles. The SMILES string of the molecule is CC1CCCC1C(NN)C1CCCC(S(C)(=O)=O)C1. The van der Waals surface area contributed by atoms with Crippen LogP contribution in [0, 0.1) is 17.8 Å². The van der Waals surface area contributed by atoms with Crippen molar-refractivity contribution >= 4 is 9.84 Å². The molecule has 5 heteroatoms. The summed E-state index contributed by atoms with van der Waals surface area (Å²) in [6.07, 6.45) is 8.92. The van der Waals surface area contributed by atoms with Crippen LogP contribution in [-0.4, -0.2) is 26.0 Å². The van der Waals surface area contributed by atoms with Crippen molar-refractivity contribution in [3.63, 3.8) is 0 Å². The first-order valence-corrected chi connectivity index (χ1v) is 9.54. The summed E-state index contributed by atoms with van der Waals surface area (Å²) in [5, 5.41) is -0.154. The lowest BCUT2D eigenvalue weighted by molar-refractivity contribution is 0.184. The lowest BCUT2D eigenvalue weighted by Gasteiger charge is -2.38. The monoisotopic (exact) mass is 288 g/mol. The maximum absolute atomic E-state index is 11.8. The summed E-state index contributed by atoms with van der Waals surface area (Å²) in [6.45, 7) is 2.30. The van der Waals surface area contributed by atoms with Gasteiger partial charge in [-0.3, -0.25) is 11.3 Å². The van der Waals surface area contributed by atoms with Crippen molar-refractivity contribution in [1.29, 1.82) is 0 Å². The minimum atomic E-state index is -2.91. The summed E-state index contributed by atoms with van der Waals surface area (Å²) in [5.41, 5.74) is 3.02. The molecule has 0 bridgehead atoms. The molecular formula is C14H28N2O2S. The smallest absolute Gasteiger partial charge is 0.150 e. The van der Waals surface area contributed by atoms with Crippen LogP contribution >= 0.6 is 0 Å². The molecule has 0 heterocycles. The number of sulfone groups is 1. The molecule has 0 radical (unpaired) electrons. The molecule has 19 heavy (non-hydrogen) atoms. The van der Waals surface area contributed by atoms with E-state index in [1.54, 1.807) is 0 Å². The van der Waals surface area contributed by atoms with Crippen LogP contribution in [-0.2, 0) is 9.84 Å². The number of rotatable bonds is 4. The molecule has 5 unspecified atom stereocenters. The van der Waals surface area contributed by atoms with Gasteiger partial charge in [0.05, 0.1) is 5.25 Å². The average molecular weight is 288 g/mol. The standard InChI is InChI=1S/C14H28N2O2S/c1-10-5-3-8-13(10)14(16-15)11-6-4-7-12(9-11)19(2,17)18/h10-14,16H,3-9,15H2,1-2H3. The number of hydrazine groups is 1. The lowest BCUT2D eigenvalue weighted by atomic mass is 9.76. The molecule has 4 nitrogen and oxygen atoms in total. The topological polar surface area (TPSA) is 72.2 Å². The molecule has 0 aromatic carbocycles. The van der Waals surface area contributed by atoms with Crippen LogP contribution in [0.1, 0.15) is 51.9 Å². The highest BCUT2D eigenvalue weighted by Crippen LogP contribution is 2.40. The van der Waals surface area contributed by atoms with Crippen LogP contribution < -0.4 is 11.3 Å². The van der Waals surface area contributed by atoms with Gasteiger partial charge in [0.15, 0.2) is 0 Å². The number of nitrogens with one attached hydrogen (secondary N) is 1. The van der Waals surface area contributed by atoms with Gasteiger partial charge >= 0.3 is 0 Å². The van der Waals surface area contributed by atoms with Gasteiger partial charge in [0.1, 0.15) is 9.84 Å². The Morgan fingerprint density at radius 1 is 1.16 bits per heavy atom. The van der Waals surface area contributed by atoms with Crippen molar-refractivity contribution in [3.05, 3.63) is 0 Å². The minimum absolute atomic E-state index is 0.154.